The molecule has 0 atom stereocenters. The van der Waals surface area contributed by atoms with Crippen LogP contribution in [0.1, 0.15) is 43.6 Å². The fraction of sp³-hybridized carbons (Fsp3) is 0.435. The van der Waals surface area contributed by atoms with Gasteiger partial charge in [-0.1, -0.05) is 33.8 Å². The third-order valence-corrected chi connectivity index (χ3v) is 7.05. The van der Waals surface area contributed by atoms with Gasteiger partial charge >= 0.3 is 0 Å². The van der Waals surface area contributed by atoms with E-state index >= 15 is 0 Å². The van der Waals surface area contributed by atoms with E-state index in [4.69, 9.17) is 4.74 Å². The molecule has 0 aromatic heterocycles. The largest absolute Gasteiger partial charge is 0.497 e. The van der Waals surface area contributed by atoms with Gasteiger partial charge in [0.2, 0.25) is 0 Å². The number of ether oxygens (including phenoxy) is 1. The van der Waals surface area contributed by atoms with Crippen LogP contribution in [-0.4, -0.2) is 34.5 Å². The van der Waals surface area contributed by atoms with Gasteiger partial charge in [-0.25, -0.2) is 8.42 Å². The van der Waals surface area contributed by atoms with Crippen LogP contribution in [-0.2, 0) is 10.0 Å². The normalized spacial score (nSPS) is 11.8. The number of rotatable bonds is 8. The van der Waals surface area contributed by atoms with Crippen molar-refractivity contribution in [3.8, 4) is 5.75 Å². The highest BCUT2D eigenvalue weighted by Gasteiger charge is 2.25. The Balaban J connectivity index is 2.36. The van der Waals surface area contributed by atoms with Crippen LogP contribution in [0.5, 0.6) is 5.75 Å². The Labute approximate surface area is 180 Å². The van der Waals surface area contributed by atoms with Crippen molar-refractivity contribution in [3.63, 3.8) is 0 Å². The van der Waals surface area contributed by atoms with Gasteiger partial charge in [0, 0.05) is 18.7 Å². The zero-order valence-corrected chi connectivity index (χ0v) is 19.6. The minimum atomic E-state index is -3.79. The minimum absolute atomic E-state index is 0.0306. The van der Waals surface area contributed by atoms with Gasteiger partial charge in [0.1, 0.15) is 5.75 Å². The van der Waals surface area contributed by atoms with Crippen molar-refractivity contribution in [1.29, 1.82) is 0 Å². The predicted molar refractivity (Wildman–Crippen MR) is 121 cm³/mol. The standard InChI is InChI=1S/C23H32N2O4S/c1-15(2)22(16(3)4)24-23(26)18-9-8-17(5)21(14-18)25(6)30(27,28)20-12-10-19(29-7)11-13-20/h8-16,22H,1-7H3,(H,24,26). The number of benzene rings is 2. The van der Waals surface area contributed by atoms with Crippen LogP contribution in [0.25, 0.3) is 0 Å². The molecule has 0 fully saturated rings. The summed E-state index contributed by atoms with van der Waals surface area (Å²) in [5.41, 5.74) is 1.65. The zero-order valence-electron chi connectivity index (χ0n) is 18.8. The van der Waals surface area contributed by atoms with Crippen LogP contribution >= 0.6 is 0 Å². The molecule has 6 nitrogen and oxygen atoms in total. The van der Waals surface area contributed by atoms with E-state index < -0.39 is 10.0 Å². The summed E-state index contributed by atoms with van der Waals surface area (Å²) >= 11 is 0. The second-order valence-corrected chi connectivity index (χ2v) is 10.1. The van der Waals surface area contributed by atoms with E-state index in [0.29, 0.717) is 17.0 Å². The van der Waals surface area contributed by atoms with E-state index in [0.717, 1.165) is 5.56 Å². The maximum atomic E-state index is 13.1. The highest BCUT2D eigenvalue weighted by atomic mass is 32.2. The molecule has 7 heteroatoms. The molecule has 0 heterocycles. The van der Waals surface area contributed by atoms with Gasteiger partial charge < -0.3 is 10.1 Å². The Kier molecular flexibility index (Phi) is 7.53. The Morgan fingerprint density at radius 2 is 1.57 bits per heavy atom. The van der Waals surface area contributed by atoms with Crippen molar-refractivity contribution in [2.45, 2.75) is 45.6 Å². The molecule has 0 bridgehead atoms. The third-order valence-electron chi connectivity index (χ3n) is 5.26. The summed E-state index contributed by atoms with van der Waals surface area (Å²) in [5, 5.41) is 3.08. The number of sulfonamides is 1. The van der Waals surface area contributed by atoms with Crippen LogP contribution in [0.3, 0.4) is 0 Å². The topological polar surface area (TPSA) is 75.7 Å². The molecule has 2 aromatic rings. The molecular formula is C23H32N2O4S. The number of carbonyl (C=O) groups is 1. The first-order valence-corrected chi connectivity index (χ1v) is 11.5. The highest BCUT2D eigenvalue weighted by Crippen LogP contribution is 2.27. The third kappa shape index (κ3) is 5.14. The second kappa shape index (κ2) is 9.51. The van der Waals surface area contributed by atoms with Crippen molar-refractivity contribution in [2.75, 3.05) is 18.5 Å². The number of methoxy groups -OCH3 is 1. The number of anilines is 1. The minimum Gasteiger partial charge on any atom is -0.497 e. The summed E-state index contributed by atoms with van der Waals surface area (Å²) in [6, 6.07) is 11.4. The number of amides is 1. The molecule has 0 saturated carbocycles. The average molecular weight is 433 g/mol. The molecule has 0 aliphatic rings. The monoisotopic (exact) mass is 432 g/mol. The lowest BCUT2D eigenvalue weighted by Gasteiger charge is -2.26. The SMILES string of the molecule is COc1ccc(S(=O)(=O)N(C)c2cc(C(=O)NC(C(C)C)C(C)C)ccc2C)cc1. The first-order chi connectivity index (χ1) is 14.0. The Bertz CT molecular complexity index is 975. The van der Waals surface area contributed by atoms with Crippen LogP contribution in [0.15, 0.2) is 47.4 Å². The number of nitrogens with one attached hydrogen (secondary N) is 1. The summed E-state index contributed by atoms with van der Waals surface area (Å²) in [4.78, 5) is 13.0. The molecule has 0 spiro atoms. The van der Waals surface area contributed by atoms with Crippen LogP contribution in [0.2, 0.25) is 0 Å². The quantitative estimate of drug-likeness (QED) is 0.677. The maximum absolute atomic E-state index is 13.1. The van der Waals surface area contributed by atoms with Crippen LogP contribution < -0.4 is 14.4 Å². The fourth-order valence-electron chi connectivity index (χ4n) is 3.46. The van der Waals surface area contributed by atoms with Crippen molar-refractivity contribution >= 4 is 21.6 Å². The first kappa shape index (κ1) is 23.7. The van der Waals surface area contributed by atoms with Gasteiger partial charge in [-0.15, -0.1) is 0 Å². The van der Waals surface area contributed by atoms with Gasteiger partial charge in [-0.05, 0) is 60.7 Å². The van der Waals surface area contributed by atoms with Crippen molar-refractivity contribution in [1.82, 2.24) is 5.32 Å². The number of hydrogen-bond donors (Lipinski definition) is 1. The predicted octanol–water partition coefficient (Wildman–Crippen LogP) is 4.24. The van der Waals surface area contributed by atoms with E-state index in [1.165, 1.54) is 30.6 Å². The molecule has 2 rings (SSSR count). The summed E-state index contributed by atoms with van der Waals surface area (Å²) in [7, 11) is -0.765. The molecule has 0 saturated heterocycles. The van der Waals surface area contributed by atoms with E-state index in [9.17, 15) is 13.2 Å². The fourth-order valence-corrected chi connectivity index (χ4v) is 4.71. The molecule has 0 aliphatic heterocycles. The van der Waals surface area contributed by atoms with Gasteiger partial charge in [0.25, 0.3) is 15.9 Å². The number of nitrogens with zero attached hydrogens (tertiary/aromatic N) is 1. The van der Waals surface area contributed by atoms with Gasteiger partial charge in [0.05, 0.1) is 17.7 Å². The van der Waals surface area contributed by atoms with E-state index in [2.05, 4.69) is 33.0 Å². The van der Waals surface area contributed by atoms with Crippen LogP contribution in [0.4, 0.5) is 5.69 Å². The van der Waals surface area contributed by atoms with Crippen molar-refractivity contribution < 1.29 is 17.9 Å². The summed E-state index contributed by atoms with van der Waals surface area (Å²) in [5.74, 6) is 0.948. The molecule has 1 N–H and O–H groups in total. The molecular weight excluding hydrogens is 400 g/mol. The molecule has 30 heavy (non-hydrogen) atoms. The highest BCUT2D eigenvalue weighted by molar-refractivity contribution is 7.92. The van der Waals surface area contributed by atoms with Gasteiger partial charge in [-0.3, -0.25) is 9.10 Å². The van der Waals surface area contributed by atoms with Crippen LogP contribution in [0, 0.1) is 18.8 Å². The van der Waals surface area contributed by atoms with E-state index in [1.54, 1.807) is 30.3 Å². The molecule has 164 valence electrons. The lowest BCUT2D eigenvalue weighted by molar-refractivity contribution is 0.0910. The Morgan fingerprint density at radius 1 is 1.00 bits per heavy atom. The number of hydrogen-bond acceptors (Lipinski definition) is 4. The van der Waals surface area contributed by atoms with E-state index in [-0.39, 0.29) is 28.7 Å². The molecule has 0 aliphatic carbocycles. The van der Waals surface area contributed by atoms with Gasteiger partial charge in [-0.2, -0.15) is 0 Å². The molecule has 0 radical (unpaired) electrons. The zero-order chi connectivity index (χ0) is 22.6. The lowest BCUT2D eigenvalue weighted by Crippen LogP contribution is -2.42. The first-order valence-electron chi connectivity index (χ1n) is 10.0. The number of carbonyl (C=O) groups excluding carboxylic acids is 1. The molecule has 0 unspecified atom stereocenters. The summed E-state index contributed by atoms with van der Waals surface area (Å²) in [6.45, 7) is 10.1. The summed E-state index contributed by atoms with van der Waals surface area (Å²) in [6.07, 6.45) is 0. The molecule has 2 aromatic carbocycles. The molecule has 1 amide bonds. The van der Waals surface area contributed by atoms with E-state index in [1.807, 2.05) is 6.92 Å². The number of aryl methyl sites for hydroxylation is 1. The second-order valence-electron chi connectivity index (χ2n) is 8.14. The van der Waals surface area contributed by atoms with Crippen molar-refractivity contribution in [3.05, 3.63) is 53.6 Å². The summed E-state index contributed by atoms with van der Waals surface area (Å²) < 4.78 is 32.5. The average Bonchev–Trinajstić information content (AvgIpc) is 2.71. The van der Waals surface area contributed by atoms with Crippen molar-refractivity contribution in [2.24, 2.45) is 11.8 Å². The van der Waals surface area contributed by atoms with Gasteiger partial charge in [0.15, 0.2) is 0 Å². The Morgan fingerprint density at radius 3 is 2.07 bits per heavy atom. The smallest absolute Gasteiger partial charge is 0.264 e. The maximum Gasteiger partial charge on any atom is 0.264 e. The lowest BCUT2D eigenvalue weighted by atomic mass is 9.93. The Hall–Kier alpha value is -2.54.